The number of rotatable bonds is 3. The van der Waals surface area contributed by atoms with Gasteiger partial charge in [-0.25, -0.2) is 4.79 Å². The van der Waals surface area contributed by atoms with Crippen LogP contribution in [-0.4, -0.2) is 16.6 Å². The first kappa shape index (κ1) is 13.2. The van der Waals surface area contributed by atoms with Gasteiger partial charge in [0.15, 0.2) is 0 Å². The number of hydrogen-bond donors (Lipinski definition) is 2. The second-order valence-electron chi connectivity index (χ2n) is 4.48. The van der Waals surface area contributed by atoms with Crippen LogP contribution in [0.25, 0.3) is 0 Å². The molecule has 0 saturated heterocycles. The topological polar surface area (TPSA) is 49.7 Å². The number of carboxylic acids is 1. The molecule has 1 aliphatic heterocycles. The van der Waals surface area contributed by atoms with Gasteiger partial charge in [0.1, 0.15) is 0 Å². The van der Waals surface area contributed by atoms with Crippen molar-refractivity contribution in [3.63, 3.8) is 0 Å². The fourth-order valence-corrected chi connectivity index (χ4v) is 4.46. The average Bonchev–Trinajstić information content (AvgIpc) is 2.84. The molecule has 0 bridgehead atoms. The van der Waals surface area contributed by atoms with E-state index in [-0.39, 0.29) is 0 Å². The van der Waals surface area contributed by atoms with Crippen LogP contribution in [0.5, 0.6) is 0 Å². The van der Waals surface area contributed by atoms with Crippen molar-refractivity contribution in [3.8, 4) is 0 Å². The molecule has 3 nitrogen and oxygen atoms in total. The van der Waals surface area contributed by atoms with E-state index in [1.807, 2.05) is 35.9 Å². The van der Waals surface area contributed by atoms with Gasteiger partial charge in [0, 0.05) is 21.2 Å². The summed E-state index contributed by atoms with van der Waals surface area (Å²) in [6, 6.07) is 12.9. The molecule has 0 fully saturated rings. The maximum Gasteiger partial charge on any atom is 0.336 e. The van der Waals surface area contributed by atoms with Crippen LogP contribution >= 0.6 is 22.5 Å². The molecule has 102 valence electrons. The van der Waals surface area contributed by atoms with E-state index in [9.17, 15) is 9.90 Å². The number of hydrogen-bond acceptors (Lipinski definition) is 2. The van der Waals surface area contributed by atoms with Crippen molar-refractivity contribution in [3.05, 3.63) is 58.6 Å². The van der Waals surface area contributed by atoms with Gasteiger partial charge in [-0.3, -0.25) is 4.99 Å². The van der Waals surface area contributed by atoms with E-state index in [0.717, 1.165) is 21.9 Å². The molecule has 2 aromatic rings. The number of benzene rings is 2. The molecule has 0 aromatic heterocycles. The highest BCUT2D eigenvalue weighted by molar-refractivity contribution is 8.28. The Labute approximate surface area is 124 Å². The molecule has 0 amide bonds. The zero-order valence-electron chi connectivity index (χ0n) is 10.5. The van der Waals surface area contributed by atoms with Gasteiger partial charge < -0.3 is 5.11 Å². The molecule has 5 heteroatoms. The predicted molar refractivity (Wildman–Crippen MR) is 84.0 cm³/mol. The highest BCUT2D eigenvalue weighted by atomic mass is 35.5. The maximum absolute atomic E-state index is 11.3. The van der Waals surface area contributed by atoms with Gasteiger partial charge in [0.2, 0.25) is 0 Å². The minimum absolute atomic E-state index is 0.361. The Kier molecular flexibility index (Phi) is 3.51. The molecular formula is C15H12ClNO2S. The summed E-state index contributed by atoms with van der Waals surface area (Å²) in [5.41, 5.74) is 4.17. The van der Waals surface area contributed by atoms with Crippen molar-refractivity contribution < 1.29 is 9.90 Å². The standard InChI is InChI=1S/C15H12ClNO2S/c16-11-6-4-10(5-7-11)8-20-9-17-13-3-1-2-12(14(13)20)15(18)19/h1-7,9,20H,8H2,(H,18,19). The summed E-state index contributed by atoms with van der Waals surface area (Å²) in [6.07, 6.45) is 0. The number of fused-ring (bicyclic) bond motifs is 1. The van der Waals surface area contributed by atoms with Crippen molar-refractivity contribution in [2.75, 3.05) is 0 Å². The van der Waals surface area contributed by atoms with Gasteiger partial charge >= 0.3 is 5.97 Å². The quantitative estimate of drug-likeness (QED) is 0.832. The first-order valence-corrected chi connectivity index (χ1v) is 8.04. The highest BCUT2D eigenvalue weighted by Crippen LogP contribution is 2.49. The summed E-state index contributed by atoms with van der Waals surface area (Å²) in [7, 11) is -0.716. The van der Waals surface area contributed by atoms with E-state index in [1.54, 1.807) is 12.1 Å². The largest absolute Gasteiger partial charge is 0.478 e. The predicted octanol–water partition coefficient (Wildman–Crippen LogP) is 4.27. The molecule has 1 aliphatic rings. The molecule has 1 heterocycles. The zero-order valence-corrected chi connectivity index (χ0v) is 12.1. The highest BCUT2D eigenvalue weighted by Gasteiger charge is 2.22. The molecular weight excluding hydrogens is 294 g/mol. The average molecular weight is 306 g/mol. The van der Waals surface area contributed by atoms with E-state index in [4.69, 9.17) is 11.6 Å². The lowest BCUT2D eigenvalue weighted by Gasteiger charge is -2.16. The fourth-order valence-electron chi connectivity index (χ4n) is 2.21. The van der Waals surface area contributed by atoms with Crippen LogP contribution in [0.2, 0.25) is 5.02 Å². The summed E-state index contributed by atoms with van der Waals surface area (Å²) in [6.45, 7) is 0. The number of nitrogens with zero attached hydrogens (tertiary/aromatic N) is 1. The first-order valence-electron chi connectivity index (χ1n) is 6.07. The Hall–Kier alpha value is -1.78. The molecule has 0 saturated carbocycles. The maximum atomic E-state index is 11.3. The van der Waals surface area contributed by atoms with E-state index in [1.165, 1.54) is 0 Å². The van der Waals surface area contributed by atoms with Crippen molar-refractivity contribution in [2.24, 2.45) is 4.99 Å². The van der Waals surface area contributed by atoms with E-state index in [2.05, 4.69) is 4.99 Å². The number of aliphatic imine (C=N–C) groups is 1. The molecule has 2 aromatic carbocycles. The third-order valence-electron chi connectivity index (χ3n) is 3.13. The molecule has 0 aliphatic carbocycles. The van der Waals surface area contributed by atoms with Crippen LogP contribution in [0.15, 0.2) is 52.4 Å². The van der Waals surface area contributed by atoms with Gasteiger partial charge in [-0.15, -0.1) is 0 Å². The van der Waals surface area contributed by atoms with Crippen LogP contribution in [0.3, 0.4) is 0 Å². The van der Waals surface area contributed by atoms with E-state index >= 15 is 0 Å². The Morgan fingerprint density at radius 3 is 2.65 bits per heavy atom. The summed E-state index contributed by atoms with van der Waals surface area (Å²) >= 11 is 5.88. The lowest BCUT2D eigenvalue weighted by molar-refractivity contribution is 0.0693. The third kappa shape index (κ3) is 2.44. The second-order valence-corrected chi connectivity index (χ2v) is 6.85. The summed E-state index contributed by atoms with van der Waals surface area (Å²) in [5.74, 6) is -0.108. The van der Waals surface area contributed by atoms with Gasteiger partial charge in [-0.1, -0.05) is 29.8 Å². The molecule has 0 radical (unpaired) electrons. The van der Waals surface area contributed by atoms with Gasteiger partial charge in [0.25, 0.3) is 0 Å². The molecule has 20 heavy (non-hydrogen) atoms. The number of halogens is 1. The Morgan fingerprint density at radius 1 is 1.20 bits per heavy atom. The lowest BCUT2D eigenvalue weighted by Crippen LogP contribution is -2.00. The number of thiol groups is 1. The SMILES string of the molecule is O=C(O)c1cccc2c1[SH](Cc1ccc(Cl)cc1)C=N2. The fraction of sp³-hybridized carbons (Fsp3) is 0.0667. The summed E-state index contributed by atoms with van der Waals surface area (Å²) < 4.78 is 0. The molecule has 1 atom stereocenters. The van der Waals surface area contributed by atoms with Gasteiger partial charge in [0.05, 0.1) is 11.3 Å². The number of carbonyl (C=O) groups is 1. The third-order valence-corrected chi connectivity index (χ3v) is 5.53. The molecule has 1 N–H and O–H groups in total. The molecule has 0 spiro atoms. The first-order chi connectivity index (χ1) is 9.65. The Bertz CT molecular complexity index is 698. The van der Waals surface area contributed by atoms with Gasteiger partial charge in [-0.05, 0) is 29.8 Å². The lowest BCUT2D eigenvalue weighted by atomic mass is 10.2. The summed E-state index contributed by atoms with van der Waals surface area (Å²) in [4.78, 5) is 16.6. The normalized spacial score (nSPS) is 17.9. The van der Waals surface area contributed by atoms with Gasteiger partial charge in [-0.2, -0.15) is 10.9 Å². The monoisotopic (exact) mass is 305 g/mol. The molecule has 1 unspecified atom stereocenters. The van der Waals surface area contributed by atoms with Crippen LogP contribution in [0, 0.1) is 0 Å². The van der Waals surface area contributed by atoms with Crippen molar-refractivity contribution >= 4 is 39.7 Å². The minimum atomic E-state index is -0.893. The Morgan fingerprint density at radius 2 is 1.95 bits per heavy atom. The zero-order chi connectivity index (χ0) is 14.1. The van der Waals surface area contributed by atoms with Crippen molar-refractivity contribution in [2.45, 2.75) is 10.6 Å². The van der Waals surface area contributed by atoms with E-state index < -0.39 is 16.9 Å². The van der Waals surface area contributed by atoms with Crippen LogP contribution in [-0.2, 0) is 5.75 Å². The van der Waals surface area contributed by atoms with Crippen molar-refractivity contribution in [1.82, 2.24) is 0 Å². The summed E-state index contributed by atoms with van der Waals surface area (Å²) in [5, 5.41) is 10.0. The minimum Gasteiger partial charge on any atom is -0.478 e. The van der Waals surface area contributed by atoms with Crippen LogP contribution in [0.1, 0.15) is 15.9 Å². The smallest absolute Gasteiger partial charge is 0.336 e. The molecule has 3 rings (SSSR count). The van der Waals surface area contributed by atoms with Crippen molar-refractivity contribution in [1.29, 1.82) is 0 Å². The second kappa shape index (κ2) is 5.31. The Balaban J connectivity index is 1.94. The van der Waals surface area contributed by atoms with Crippen LogP contribution < -0.4 is 0 Å². The number of carboxylic acid groups (broad SMARTS) is 1. The van der Waals surface area contributed by atoms with E-state index in [0.29, 0.717) is 10.6 Å². The van der Waals surface area contributed by atoms with Crippen LogP contribution in [0.4, 0.5) is 5.69 Å². The number of aromatic carboxylic acids is 1.